The number of carbonyl (C=O) groups excluding carboxylic acids is 1. The van der Waals surface area contributed by atoms with E-state index in [9.17, 15) is 14.7 Å². The van der Waals surface area contributed by atoms with Crippen LogP contribution in [0.4, 0.5) is 0 Å². The molecule has 4 rings (SSSR count). The highest BCUT2D eigenvalue weighted by atomic mass is 16.5. The minimum atomic E-state index is -0.994. The second-order valence-corrected chi connectivity index (χ2v) is 7.42. The molecule has 0 aliphatic carbocycles. The Bertz CT molecular complexity index is 1100. The van der Waals surface area contributed by atoms with Gasteiger partial charge < -0.3 is 14.8 Å². The zero-order chi connectivity index (χ0) is 22.5. The lowest BCUT2D eigenvalue weighted by Gasteiger charge is -2.21. The number of aromatic nitrogens is 2. The molecule has 9 heteroatoms. The largest absolute Gasteiger partial charge is 0.480 e. The molecule has 0 saturated carbocycles. The van der Waals surface area contributed by atoms with Crippen LogP contribution in [0.3, 0.4) is 0 Å². The molecule has 1 aliphatic heterocycles. The number of hydrogen-bond donors (Lipinski definition) is 3. The van der Waals surface area contributed by atoms with Crippen molar-refractivity contribution >= 4 is 17.6 Å². The van der Waals surface area contributed by atoms with Gasteiger partial charge in [0, 0.05) is 25.2 Å². The van der Waals surface area contributed by atoms with Crippen molar-refractivity contribution in [3.05, 3.63) is 78.4 Å². The van der Waals surface area contributed by atoms with E-state index in [2.05, 4.69) is 20.4 Å². The lowest BCUT2D eigenvalue weighted by Crippen LogP contribution is -2.49. The van der Waals surface area contributed by atoms with Crippen molar-refractivity contribution in [3.8, 4) is 11.5 Å². The summed E-state index contributed by atoms with van der Waals surface area (Å²) in [7, 11) is 0. The van der Waals surface area contributed by atoms with E-state index in [1.807, 2.05) is 54.6 Å². The number of carboxylic acid groups (broad SMARTS) is 1. The summed E-state index contributed by atoms with van der Waals surface area (Å²) in [5.41, 5.74) is 2.08. The van der Waals surface area contributed by atoms with Gasteiger partial charge in [0.1, 0.15) is 17.5 Å². The van der Waals surface area contributed by atoms with E-state index in [1.165, 1.54) is 18.3 Å². The van der Waals surface area contributed by atoms with Gasteiger partial charge in [-0.1, -0.05) is 18.2 Å². The van der Waals surface area contributed by atoms with Gasteiger partial charge in [-0.2, -0.15) is 5.10 Å². The SMILES string of the molecule is CC(=O)N1C[C@@H](N[C@H](Cc2cnc[nH]2)C(=O)O)C(c2ccc(Oc3ccccc3)cc2)=N1. The second kappa shape index (κ2) is 9.44. The Labute approximate surface area is 184 Å². The van der Waals surface area contributed by atoms with E-state index in [1.54, 1.807) is 6.20 Å². The molecule has 164 valence electrons. The molecule has 0 saturated heterocycles. The molecule has 1 amide bonds. The monoisotopic (exact) mass is 433 g/mol. The van der Waals surface area contributed by atoms with Crippen molar-refractivity contribution in [3.63, 3.8) is 0 Å². The molecule has 2 heterocycles. The van der Waals surface area contributed by atoms with Crippen LogP contribution in [0.25, 0.3) is 0 Å². The number of ether oxygens (including phenoxy) is 1. The Balaban J connectivity index is 1.53. The Kier molecular flexibility index (Phi) is 6.27. The summed E-state index contributed by atoms with van der Waals surface area (Å²) < 4.78 is 5.83. The van der Waals surface area contributed by atoms with E-state index in [4.69, 9.17) is 4.74 Å². The number of hydrazone groups is 1. The number of rotatable bonds is 8. The number of carboxylic acids is 1. The van der Waals surface area contributed by atoms with Crippen molar-refractivity contribution in [2.75, 3.05) is 6.54 Å². The highest BCUT2D eigenvalue weighted by Gasteiger charge is 2.33. The summed E-state index contributed by atoms with van der Waals surface area (Å²) in [4.78, 5) is 30.7. The maximum absolute atomic E-state index is 11.9. The maximum Gasteiger partial charge on any atom is 0.321 e. The molecule has 2 aromatic carbocycles. The van der Waals surface area contributed by atoms with Gasteiger partial charge in [-0.3, -0.25) is 14.9 Å². The second-order valence-electron chi connectivity index (χ2n) is 7.42. The molecule has 0 spiro atoms. The third-order valence-electron chi connectivity index (χ3n) is 5.09. The van der Waals surface area contributed by atoms with E-state index in [-0.39, 0.29) is 18.9 Å². The van der Waals surface area contributed by atoms with Crippen LogP contribution in [0.5, 0.6) is 11.5 Å². The summed E-state index contributed by atoms with van der Waals surface area (Å²) in [6.45, 7) is 1.68. The molecule has 0 fully saturated rings. The molecule has 3 N–H and O–H groups in total. The van der Waals surface area contributed by atoms with Crippen molar-refractivity contribution in [2.24, 2.45) is 5.10 Å². The maximum atomic E-state index is 11.9. The van der Waals surface area contributed by atoms with E-state index in [0.29, 0.717) is 17.2 Å². The molecular formula is C23H23N5O4. The number of nitrogens with zero attached hydrogens (tertiary/aromatic N) is 3. The fourth-order valence-corrected chi connectivity index (χ4v) is 3.48. The van der Waals surface area contributed by atoms with Crippen LogP contribution in [0.1, 0.15) is 18.2 Å². The molecule has 0 radical (unpaired) electrons. The predicted molar refractivity (Wildman–Crippen MR) is 118 cm³/mol. The standard InChI is InChI=1S/C23H23N5O4/c1-15(29)28-13-21(26-20(23(30)31)11-17-12-24-14-25-17)22(27-28)16-7-9-19(10-8-16)32-18-5-3-2-4-6-18/h2-10,12,14,20-21,26H,11,13H2,1H3,(H,24,25)(H,30,31)/t20-,21-/m1/s1. The van der Waals surface area contributed by atoms with E-state index in [0.717, 1.165) is 11.3 Å². The summed E-state index contributed by atoms with van der Waals surface area (Å²) in [5, 5.41) is 18.6. The van der Waals surface area contributed by atoms with Gasteiger partial charge in [0.15, 0.2) is 0 Å². The van der Waals surface area contributed by atoms with Crippen molar-refractivity contribution in [2.45, 2.75) is 25.4 Å². The van der Waals surface area contributed by atoms with Crippen LogP contribution in [-0.2, 0) is 16.0 Å². The Hall–Kier alpha value is -3.98. The van der Waals surface area contributed by atoms with Gasteiger partial charge >= 0.3 is 5.97 Å². The smallest absolute Gasteiger partial charge is 0.321 e. The summed E-state index contributed by atoms with van der Waals surface area (Å²) in [6.07, 6.45) is 3.32. The van der Waals surface area contributed by atoms with Crippen LogP contribution in [0, 0.1) is 0 Å². The number of aliphatic carboxylic acids is 1. The highest BCUT2D eigenvalue weighted by molar-refractivity contribution is 6.06. The number of amides is 1. The topological polar surface area (TPSA) is 120 Å². The van der Waals surface area contributed by atoms with Gasteiger partial charge in [0.25, 0.3) is 0 Å². The van der Waals surface area contributed by atoms with Gasteiger partial charge in [-0.25, -0.2) is 9.99 Å². The molecule has 0 bridgehead atoms. The zero-order valence-corrected chi connectivity index (χ0v) is 17.4. The number of hydrogen-bond acceptors (Lipinski definition) is 6. The Morgan fingerprint density at radius 3 is 2.53 bits per heavy atom. The number of nitrogens with one attached hydrogen (secondary N) is 2. The van der Waals surface area contributed by atoms with E-state index < -0.39 is 18.1 Å². The number of para-hydroxylation sites is 1. The van der Waals surface area contributed by atoms with Crippen molar-refractivity contribution in [1.29, 1.82) is 0 Å². The first-order valence-corrected chi connectivity index (χ1v) is 10.2. The van der Waals surface area contributed by atoms with Gasteiger partial charge in [-0.15, -0.1) is 0 Å². The summed E-state index contributed by atoms with van der Waals surface area (Å²) in [5.74, 6) is 0.182. The third-order valence-corrected chi connectivity index (χ3v) is 5.09. The van der Waals surface area contributed by atoms with Gasteiger partial charge in [-0.05, 0) is 42.0 Å². The van der Waals surface area contributed by atoms with Crippen LogP contribution in [-0.4, -0.2) is 56.3 Å². The molecule has 1 aromatic heterocycles. The third kappa shape index (κ3) is 5.01. The van der Waals surface area contributed by atoms with Crippen LogP contribution in [0.15, 0.2) is 72.2 Å². The number of imidazole rings is 1. The number of H-pyrrole nitrogens is 1. The molecule has 32 heavy (non-hydrogen) atoms. The minimum absolute atomic E-state index is 0.212. The molecule has 9 nitrogen and oxygen atoms in total. The fraction of sp³-hybridized carbons (Fsp3) is 0.217. The van der Waals surface area contributed by atoms with Gasteiger partial charge in [0.2, 0.25) is 5.91 Å². The average Bonchev–Trinajstić information content (AvgIpc) is 3.45. The highest BCUT2D eigenvalue weighted by Crippen LogP contribution is 2.23. The molecule has 3 aromatic rings. The normalized spacial score (nSPS) is 16.5. The minimum Gasteiger partial charge on any atom is -0.480 e. The number of benzene rings is 2. The van der Waals surface area contributed by atoms with Crippen LogP contribution >= 0.6 is 0 Å². The van der Waals surface area contributed by atoms with E-state index >= 15 is 0 Å². The summed E-state index contributed by atoms with van der Waals surface area (Å²) in [6, 6.07) is 15.4. The number of aromatic amines is 1. The summed E-state index contributed by atoms with van der Waals surface area (Å²) >= 11 is 0. The Morgan fingerprint density at radius 2 is 1.91 bits per heavy atom. The first-order valence-electron chi connectivity index (χ1n) is 10.2. The van der Waals surface area contributed by atoms with Gasteiger partial charge in [0.05, 0.1) is 24.6 Å². The molecule has 0 unspecified atom stereocenters. The first-order chi connectivity index (χ1) is 15.5. The van der Waals surface area contributed by atoms with Crippen LogP contribution < -0.4 is 10.1 Å². The number of carbonyl (C=O) groups is 2. The van der Waals surface area contributed by atoms with Crippen molar-refractivity contribution in [1.82, 2.24) is 20.3 Å². The quantitative estimate of drug-likeness (QED) is 0.502. The zero-order valence-electron chi connectivity index (χ0n) is 17.4. The average molecular weight is 433 g/mol. The fourth-order valence-electron chi connectivity index (χ4n) is 3.48. The lowest BCUT2D eigenvalue weighted by molar-refractivity contribution is -0.139. The van der Waals surface area contributed by atoms with Crippen molar-refractivity contribution < 1.29 is 19.4 Å². The predicted octanol–water partition coefficient (Wildman–Crippen LogP) is 2.42. The molecule has 1 aliphatic rings. The molecule has 2 atom stereocenters. The Morgan fingerprint density at radius 1 is 1.19 bits per heavy atom. The lowest BCUT2D eigenvalue weighted by atomic mass is 10.0. The van der Waals surface area contributed by atoms with Crippen LogP contribution in [0.2, 0.25) is 0 Å². The first kappa shape index (κ1) is 21.3. The molecular weight excluding hydrogens is 410 g/mol.